The van der Waals surface area contributed by atoms with Crippen LogP contribution < -0.4 is 5.32 Å². The van der Waals surface area contributed by atoms with Crippen molar-refractivity contribution in [3.05, 3.63) is 5.21 Å². The minimum absolute atomic E-state index is 0.247. The Morgan fingerprint density at radius 3 is 3.00 bits per heavy atom. The van der Waals surface area contributed by atoms with Gasteiger partial charge in [0.05, 0.1) is 0 Å². The van der Waals surface area contributed by atoms with Gasteiger partial charge in [0.2, 0.25) is 0 Å². The van der Waals surface area contributed by atoms with Crippen molar-refractivity contribution in [3.8, 4) is 0 Å². The van der Waals surface area contributed by atoms with E-state index < -0.39 is 0 Å². The van der Waals surface area contributed by atoms with Crippen LogP contribution in [-0.2, 0) is 0 Å². The Bertz CT molecular complexity index is 97.2. The molecule has 1 aliphatic rings. The number of piperidine rings is 1. The fourth-order valence-corrected chi connectivity index (χ4v) is 1.08. The van der Waals surface area contributed by atoms with Crippen molar-refractivity contribution < 1.29 is 0 Å². The highest BCUT2D eigenvalue weighted by molar-refractivity contribution is 5.64. The second-order valence-corrected chi connectivity index (χ2v) is 2.31. The molecule has 0 aromatic rings. The van der Waals surface area contributed by atoms with Gasteiger partial charge in [-0.1, -0.05) is 6.42 Å². The molecule has 3 nitrogen and oxygen atoms in total. The zero-order valence-electron chi connectivity index (χ0n) is 5.34. The van der Waals surface area contributed by atoms with E-state index in [1.165, 1.54) is 19.1 Å². The third kappa shape index (κ3) is 2.01. The quantitative estimate of drug-likeness (QED) is 0.416. The highest BCUT2D eigenvalue weighted by Gasteiger charge is 2.07. The van der Waals surface area contributed by atoms with Gasteiger partial charge < -0.3 is 15.7 Å². The smallest absolute Gasteiger partial charge is 0.0416 e. The highest BCUT2D eigenvalue weighted by Crippen LogP contribution is 2.04. The standard InChI is InChI=1S/C6H12N2O/c9-8-5-6-3-1-2-4-7-6/h5-7,9H,1-4H2/p-1/b8-5+. The Kier molecular flexibility index (Phi) is 2.51. The maximum Gasteiger partial charge on any atom is 0.0416 e. The minimum atomic E-state index is 0.247. The molecule has 0 aliphatic carbocycles. The lowest BCUT2D eigenvalue weighted by Crippen LogP contribution is -2.34. The fourth-order valence-electron chi connectivity index (χ4n) is 1.08. The molecule has 1 heterocycles. The molecule has 1 saturated heterocycles. The van der Waals surface area contributed by atoms with Gasteiger partial charge in [-0.3, -0.25) is 0 Å². The molecule has 0 radical (unpaired) electrons. The van der Waals surface area contributed by atoms with E-state index in [1.807, 2.05) is 0 Å². The van der Waals surface area contributed by atoms with Gasteiger partial charge in [0, 0.05) is 12.3 Å². The van der Waals surface area contributed by atoms with Gasteiger partial charge in [-0.25, -0.2) is 0 Å². The van der Waals surface area contributed by atoms with Crippen molar-refractivity contribution in [2.24, 2.45) is 5.16 Å². The van der Waals surface area contributed by atoms with Crippen molar-refractivity contribution in [1.29, 1.82) is 0 Å². The summed E-state index contributed by atoms with van der Waals surface area (Å²) in [4.78, 5) is 0. The van der Waals surface area contributed by atoms with E-state index in [-0.39, 0.29) is 6.04 Å². The molecule has 0 aromatic carbocycles. The number of hydrogen-bond acceptors (Lipinski definition) is 3. The Labute approximate surface area is 54.8 Å². The lowest BCUT2D eigenvalue weighted by Gasteiger charge is -2.19. The second kappa shape index (κ2) is 3.45. The first kappa shape index (κ1) is 6.55. The Morgan fingerprint density at radius 2 is 2.44 bits per heavy atom. The molecule has 1 N–H and O–H groups in total. The molecule has 9 heavy (non-hydrogen) atoms. The van der Waals surface area contributed by atoms with Crippen LogP contribution in [0.4, 0.5) is 0 Å². The van der Waals surface area contributed by atoms with Crippen molar-refractivity contribution in [1.82, 2.24) is 5.32 Å². The van der Waals surface area contributed by atoms with Crippen LogP contribution in [-0.4, -0.2) is 18.8 Å². The molecule has 0 aromatic heterocycles. The molecule has 1 atom stereocenters. The van der Waals surface area contributed by atoms with Gasteiger partial charge >= 0.3 is 0 Å². The maximum absolute atomic E-state index is 9.73. The summed E-state index contributed by atoms with van der Waals surface area (Å²) < 4.78 is 0. The molecule has 0 bridgehead atoms. The van der Waals surface area contributed by atoms with E-state index in [0.717, 1.165) is 13.0 Å². The summed E-state index contributed by atoms with van der Waals surface area (Å²) in [6.45, 7) is 1.02. The van der Waals surface area contributed by atoms with E-state index in [0.29, 0.717) is 0 Å². The SMILES string of the molecule is [O-]/N=C/C1CCCCN1. The molecule has 52 valence electrons. The molecular formula is C6H11N2O-. The summed E-state index contributed by atoms with van der Waals surface area (Å²) in [6, 6.07) is 0.247. The van der Waals surface area contributed by atoms with E-state index >= 15 is 0 Å². The Morgan fingerprint density at radius 1 is 1.56 bits per heavy atom. The highest BCUT2D eigenvalue weighted by atomic mass is 16.4. The van der Waals surface area contributed by atoms with Crippen molar-refractivity contribution in [3.63, 3.8) is 0 Å². The largest absolute Gasteiger partial charge is 0.792 e. The second-order valence-electron chi connectivity index (χ2n) is 2.31. The van der Waals surface area contributed by atoms with E-state index in [1.54, 1.807) is 0 Å². The van der Waals surface area contributed by atoms with E-state index in [2.05, 4.69) is 10.5 Å². The van der Waals surface area contributed by atoms with Crippen LogP contribution in [0.2, 0.25) is 0 Å². The molecule has 1 aliphatic heterocycles. The van der Waals surface area contributed by atoms with Gasteiger partial charge in [-0.2, -0.15) is 0 Å². The third-order valence-corrected chi connectivity index (χ3v) is 1.59. The zero-order valence-corrected chi connectivity index (χ0v) is 5.34. The predicted octanol–water partition coefficient (Wildman–Crippen LogP) is 0.697. The van der Waals surface area contributed by atoms with Crippen LogP contribution in [0.5, 0.6) is 0 Å². The summed E-state index contributed by atoms with van der Waals surface area (Å²) in [5.74, 6) is 0. The first-order valence-electron chi connectivity index (χ1n) is 3.32. The average molecular weight is 127 g/mol. The molecule has 1 rings (SSSR count). The number of nitrogens with zero attached hydrogens (tertiary/aromatic N) is 1. The number of nitrogens with one attached hydrogen (secondary N) is 1. The molecule has 1 unspecified atom stereocenters. The van der Waals surface area contributed by atoms with Crippen LogP contribution in [0.25, 0.3) is 0 Å². The molecule has 1 fully saturated rings. The van der Waals surface area contributed by atoms with Crippen molar-refractivity contribution >= 4 is 6.21 Å². The first-order valence-corrected chi connectivity index (χ1v) is 3.32. The summed E-state index contributed by atoms with van der Waals surface area (Å²) in [6.07, 6.45) is 4.94. The molecule has 3 heteroatoms. The van der Waals surface area contributed by atoms with E-state index in [4.69, 9.17) is 0 Å². The molecule has 0 amide bonds. The molecular weight excluding hydrogens is 116 g/mol. The van der Waals surface area contributed by atoms with Gasteiger partial charge in [-0.15, -0.1) is 0 Å². The normalized spacial score (nSPS) is 29.1. The first-order chi connectivity index (χ1) is 4.43. The lowest BCUT2D eigenvalue weighted by molar-refractivity contribution is 0.476. The van der Waals surface area contributed by atoms with Crippen LogP contribution in [0, 0.1) is 5.21 Å². The minimum Gasteiger partial charge on any atom is -0.792 e. The monoisotopic (exact) mass is 127 g/mol. The Hall–Kier alpha value is -0.570. The zero-order chi connectivity index (χ0) is 6.53. The Balaban J connectivity index is 2.23. The predicted molar refractivity (Wildman–Crippen MR) is 37.5 cm³/mol. The van der Waals surface area contributed by atoms with Crippen molar-refractivity contribution in [2.45, 2.75) is 25.3 Å². The van der Waals surface area contributed by atoms with Crippen LogP contribution >= 0.6 is 0 Å². The van der Waals surface area contributed by atoms with Crippen LogP contribution in [0.3, 0.4) is 0 Å². The summed E-state index contributed by atoms with van der Waals surface area (Å²) in [5.41, 5.74) is 0. The van der Waals surface area contributed by atoms with E-state index in [9.17, 15) is 5.21 Å². The molecule has 0 spiro atoms. The van der Waals surface area contributed by atoms with Crippen LogP contribution in [0.15, 0.2) is 5.16 Å². The summed E-state index contributed by atoms with van der Waals surface area (Å²) in [7, 11) is 0. The fraction of sp³-hybridized carbons (Fsp3) is 0.833. The van der Waals surface area contributed by atoms with Gasteiger partial charge in [-0.05, 0) is 19.4 Å². The van der Waals surface area contributed by atoms with Crippen molar-refractivity contribution in [2.75, 3.05) is 6.54 Å². The van der Waals surface area contributed by atoms with Crippen LogP contribution in [0.1, 0.15) is 19.3 Å². The van der Waals surface area contributed by atoms with Gasteiger partial charge in [0.15, 0.2) is 0 Å². The number of hydrogen-bond donors (Lipinski definition) is 1. The summed E-state index contributed by atoms with van der Waals surface area (Å²) in [5, 5.41) is 15.6. The lowest BCUT2D eigenvalue weighted by atomic mass is 10.1. The van der Waals surface area contributed by atoms with Gasteiger partial charge in [0.25, 0.3) is 0 Å². The maximum atomic E-state index is 9.73. The molecule has 0 saturated carbocycles. The van der Waals surface area contributed by atoms with Gasteiger partial charge in [0.1, 0.15) is 0 Å². The third-order valence-electron chi connectivity index (χ3n) is 1.59. The topological polar surface area (TPSA) is 47.5 Å². The summed E-state index contributed by atoms with van der Waals surface area (Å²) >= 11 is 0. The average Bonchev–Trinajstić information content (AvgIpc) is 1.91. The number of rotatable bonds is 1.